The van der Waals surface area contributed by atoms with Gasteiger partial charge in [-0.15, -0.1) is 0 Å². The Morgan fingerprint density at radius 2 is 2.00 bits per heavy atom. The fourth-order valence-electron chi connectivity index (χ4n) is 2.60. The van der Waals surface area contributed by atoms with Crippen molar-refractivity contribution in [2.24, 2.45) is 0 Å². The Bertz CT molecular complexity index is 453. The van der Waals surface area contributed by atoms with Crippen molar-refractivity contribution in [3.05, 3.63) is 0 Å². The molecule has 1 amide bonds. The lowest BCUT2D eigenvalue weighted by Crippen LogP contribution is -2.52. The maximum Gasteiger partial charge on any atom is 0.251 e. The van der Waals surface area contributed by atoms with Gasteiger partial charge >= 0.3 is 0 Å². The molecule has 0 aromatic rings. The molecule has 2 fully saturated rings. The van der Waals surface area contributed by atoms with Crippen LogP contribution in [0.25, 0.3) is 0 Å². The van der Waals surface area contributed by atoms with Crippen LogP contribution in [0.3, 0.4) is 0 Å². The van der Waals surface area contributed by atoms with E-state index in [-0.39, 0.29) is 12.0 Å². The third kappa shape index (κ3) is 4.64. The molecule has 2 unspecified atom stereocenters. The average molecular weight is 320 g/mol. The van der Waals surface area contributed by atoms with Crippen LogP contribution in [0.5, 0.6) is 0 Å². The molecule has 2 rings (SSSR count). The SMILES string of the molecule is CC(OCC1CCCO1)C(=O)N1CCN(S(C)(=O)=O)CC1. The summed E-state index contributed by atoms with van der Waals surface area (Å²) in [7, 11) is -3.17. The Labute approximate surface area is 126 Å². The number of hydrogen-bond acceptors (Lipinski definition) is 5. The van der Waals surface area contributed by atoms with Crippen LogP contribution in [0, 0.1) is 0 Å². The summed E-state index contributed by atoms with van der Waals surface area (Å²) in [6, 6.07) is 0. The van der Waals surface area contributed by atoms with Crippen molar-refractivity contribution in [2.45, 2.75) is 32.0 Å². The molecular formula is C13H24N2O5S. The first-order valence-corrected chi connectivity index (χ1v) is 9.20. The minimum atomic E-state index is -3.17. The molecule has 21 heavy (non-hydrogen) atoms. The number of nitrogens with zero attached hydrogens (tertiary/aromatic N) is 2. The van der Waals surface area contributed by atoms with Gasteiger partial charge in [0, 0.05) is 32.8 Å². The van der Waals surface area contributed by atoms with Crippen molar-refractivity contribution in [2.75, 3.05) is 45.6 Å². The third-order valence-corrected chi connectivity index (χ3v) is 5.23. The number of amides is 1. The fraction of sp³-hybridized carbons (Fsp3) is 0.923. The van der Waals surface area contributed by atoms with Crippen LogP contribution in [0.1, 0.15) is 19.8 Å². The first-order chi connectivity index (χ1) is 9.88. The summed E-state index contributed by atoms with van der Waals surface area (Å²) >= 11 is 0. The second-order valence-corrected chi connectivity index (χ2v) is 7.58. The number of sulfonamides is 1. The van der Waals surface area contributed by atoms with Crippen molar-refractivity contribution in [3.63, 3.8) is 0 Å². The van der Waals surface area contributed by atoms with E-state index in [1.165, 1.54) is 10.6 Å². The van der Waals surface area contributed by atoms with Crippen molar-refractivity contribution in [1.29, 1.82) is 0 Å². The fourth-order valence-corrected chi connectivity index (χ4v) is 3.42. The molecule has 2 aliphatic rings. The predicted octanol–water partition coefficient (Wildman–Crippen LogP) is -0.326. The molecular weight excluding hydrogens is 296 g/mol. The number of carbonyl (C=O) groups excluding carboxylic acids is 1. The first-order valence-electron chi connectivity index (χ1n) is 7.35. The number of hydrogen-bond donors (Lipinski definition) is 0. The highest BCUT2D eigenvalue weighted by Crippen LogP contribution is 2.14. The van der Waals surface area contributed by atoms with E-state index in [1.54, 1.807) is 11.8 Å². The normalized spacial score (nSPS) is 26.0. The molecule has 0 N–H and O–H groups in total. The highest BCUT2D eigenvalue weighted by Gasteiger charge is 2.29. The lowest BCUT2D eigenvalue weighted by atomic mass is 10.2. The predicted molar refractivity (Wildman–Crippen MR) is 77.4 cm³/mol. The van der Waals surface area contributed by atoms with Gasteiger partial charge in [0.05, 0.1) is 19.0 Å². The molecule has 0 aromatic heterocycles. The van der Waals surface area contributed by atoms with Crippen LogP contribution < -0.4 is 0 Å². The summed E-state index contributed by atoms with van der Waals surface area (Å²) in [5.41, 5.74) is 0. The van der Waals surface area contributed by atoms with Crippen LogP contribution >= 0.6 is 0 Å². The van der Waals surface area contributed by atoms with Gasteiger partial charge in [-0.05, 0) is 19.8 Å². The van der Waals surface area contributed by atoms with Crippen molar-refractivity contribution in [1.82, 2.24) is 9.21 Å². The maximum absolute atomic E-state index is 12.3. The molecule has 2 saturated heterocycles. The lowest BCUT2D eigenvalue weighted by Gasteiger charge is -2.34. The molecule has 0 saturated carbocycles. The Morgan fingerprint density at radius 1 is 1.33 bits per heavy atom. The van der Waals surface area contributed by atoms with Crippen molar-refractivity contribution < 1.29 is 22.7 Å². The summed E-state index contributed by atoms with van der Waals surface area (Å²) in [5, 5.41) is 0. The largest absolute Gasteiger partial charge is 0.376 e. The minimum absolute atomic E-state index is 0.0823. The molecule has 0 bridgehead atoms. The van der Waals surface area contributed by atoms with E-state index in [1.807, 2.05) is 0 Å². The van der Waals surface area contributed by atoms with E-state index in [4.69, 9.17) is 9.47 Å². The van der Waals surface area contributed by atoms with Gasteiger partial charge in [-0.3, -0.25) is 4.79 Å². The zero-order valence-electron chi connectivity index (χ0n) is 12.7. The zero-order valence-corrected chi connectivity index (χ0v) is 13.5. The second-order valence-electron chi connectivity index (χ2n) is 5.60. The molecule has 7 nitrogen and oxygen atoms in total. The Balaban J connectivity index is 1.75. The summed E-state index contributed by atoms with van der Waals surface area (Å²) < 4.78 is 35.3. The standard InChI is InChI=1S/C13H24N2O5S/c1-11(20-10-12-4-3-9-19-12)13(16)14-5-7-15(8-6-14)21(2,17)18/h11-12H,3-10H2,1-2H3. The van der Waals surface area contributed by atoms with E-state index < -0.39 is 16.1 Å². The van der Waals surface area contributed by atoms with Crippen molar-refractivity contribution in [3.8, 4) is 0 Å². The van der Waals surface area contributed by atoms with Gasteiger partial charge in [-0.1, -0.05) is 0 Å². The van der Waals surface area contributed by atoms with E-state index in [9.17, 15) is 13.2 Å². The van der Waals surface area contributed by atoms with Gasteiger partial charge in [-0.25, -0.2) is 8.42 Å². The summed E-state index contributed by atoms with van der Waals surface area (Å²) in [6.07, 6.45) is 2.80. The highest BCUT2D eigenvalue weighted by atomic mass is 32.2. The van der Waals surface area contributed by atoms with Gasteiger partial charge in [0.25, 0.3) is 5.91 Å². The Morgan fingerprint density at radius 3 is 2.52 bits per heavy atom. The number of ether oxygens (including phenoxy) is 2. The van der Waals surface area contributed by atoms with E-state index >= 15 is 0 Å². The molecule has 2 aliphatic heterocycles. The second kappa shape index (κ2) is 7.04. The van der Waals surface area contributed by atoms with Crippen LogP contribution in [0.15, 0.2) is 0 Å². The molecule has 0 aliphatic carbocycles. The number of piperazine rings is 1. The summed E-state index contributed by atoms with van der Waals surface area (Å²) in [5.74, 6) is -0.0823. The minimum Gasteiger partial charge on any atom is -0.376 e. The van der Waals surface area contributed by atoms with Gasteiger partial charge < -0.3 is 14.4 Å². The van der Waals surface area contributed by atoms with Gasteiger partial charge in [0.1, 0.15) is 6.10 Å². The van der Waals surface area contributed by atoms with Crippen LogP contribution in [-0.4, -0.2) is 81.4 Å². The summed E-state index contributed by atoms with van der Waals surface area (Å²) in [4.78, 5) is 13.9. The Kier molecular flexibility index (Phi) is 5.59. The molecule has 2 atom stereocenters. The Hall–Kier alpha value is -0.700. The van der Waals surface area contributed by atoms with Crippen LogP contribution in [-0.2, 0) is 24.3 Å². The molecule has 8 heteroatoms. The third-order valence-electron chi connectivity index (χ3n) is 3.92. The average Bonchev–Trinajstić information content (AvgIpc) is 2.96. The van der Waals surface area contributed by atoms with Gasteiger partial charge in [0.15, 0.2) is 0 Å². The topological polar surface area (TPSA) is 76.2 Å². The molecule has 0 aromatic carbocycles. The lowest BCUT2D eigenvalue weighted by molar-refractivity contribution is -0.145. The molecule has 122 valence electrons. The molecule has 0 radical (unpaired) electrons. The number of carbonyl (C=O) groups is 1. The monoisotopic (exact) mass is 320 g/mol. The van der Waals surface area contributed by atoms with Gasteiger partial charge in [0.2, 0.25) is 10.0 Å². The molecule has 0 spiro atoms. The van der Waals surface area contributed by atoms with Crippen LogP contribution in [0.4, 0.5) is 0 Å². The smallest absolute Gasteiger partial charge is 0.251 e. The zero-order chi connectivity index (χ0) is 15.5. The van der Waals surface area contributed by atoms with E-state index in [0.717, 1.165) is 19.4 Å². The quantitative estimate of drug-likeness (QED) is 0.693. The van der Waals surface area contributed by atoms with E-state index in [2.05, 4.69) is 0 Å². The first kappa shape index (κ1) is 16.7. The van der Waals surface area contributed by atoms with Gasteiger partial charge in [-0.2, -0.15) is 4.31 Å². The maximum atomic E-state index is 12.3. The van der Waals surface area contributed by atoms with Crippen LogP contribution in [0.2, 0.25) is 0 Å². The van der Waals surface area contributed by atoms with Crippen molar-refractivity contribution >= 4 is 15.9 Å². The highest BCUT2D eigenvalue weighted by molar-refractivity contribution is 7.88. The summed E-state index contributed by atoms with van der Waals surface area (Å²) in [6.45, 7) is 4.48. The number of rotatable bonds is 5. The molecule has 2 heterocycles. The van der Waals surface area contributed by atoms with E-state index in [0.29, 0.717) is 32.8 Å².